The molecule has 0 aromatic rings. The molecule has 0 bridgehead atoms. The average molecular weight is 138 g/mol. The first kappa shape index (κ1) is 6.31. The Balaban J connectivity index is 3.04. The van der Waals surface area contributed by atoms with Gasteiger partial charge in [-0.15, -0.1) is 0 Å². The smallest absolute Gasteiger partial charge is 0.436 e. The molecular weight excluding hydrogens is 136 g/mol. The quantitative estimate of drug-likeness (QED) is 0.378. The van der Waals surface area contributed by atoms with Crippen LogP contribution < -0.4 is 0 Å². The molecule has 0 aliphatic carbocycles. The summed E-state index contributed by atoms with van der Waals surface area (Å²) in [5, 5.41) is 8.31. The number of rotatable bonds is 1. The zero-order valence-electron chi connectivity index (χ0n) is 4.72. The summed E-state index contributed by atoms with van der Waals surface area (Å²) in [7, 11) is 0. The molecule has 6 heteroatoms. The number of amidine groups is 1. The van der Waals surface area contributed by atoms with Crippen molar-refractivity contribution in [2.75, 3.05) is 0 Å². The number of aliphatic imine (C=N–C) groups is 2. The molecule has 1 aliphatic rings. The number of nitrogens with zero attached hydrogens (tertiary/aromatic N) is 4. The highest BCUT2D eigenvalue weighted by Gasteiger charge is 2.28. The van der Waals surface area contributed by atoms with Gasteiger partial charge < -0.3 is 15.4 Å². The van der Waals surface area contributed by atoms with Crippen LogP contribution in [0.5, 0.6) is 0 Å². The molecule has 1 aliphatic heterocycles. The van der Waals surface area contributed by atoms with Crippen LogP contribution in [-0.4, -0.2) is 33.8 Å². The second kappa shape index (κ2) is 2.20. The third kappa shape index (κ3) is 0.828. The van der Waals surface area contributed by atoms with Crippen molar-refractivity contribution in [2.24, 2.45) is 9.98 Å². The summed E-state index contributed by atoms with van der Waals surface area (Å²) in [6.07, 6.45) is 1.01. The molecule has 0 aromatic carbocycles. The third-order valence-electron chi connectivity index (χ3n) is 0.876. The Morgan fingerprint density at radius 3 is 2.90 bits per heavy atom. The summed E-state index contributed by atoms with van der Waals surface area (Å²) in [6, 6.07) is 0. The van der Waals surface area contributed by atoms with Crippen molar-refractivity contribution in [3.8, 4) is 0 Å². The molecule has 0 unspecified atom stereocenters. The zero-order chi connectivity index (χ0) is 7.56. The van der Waals surface area contributed by atoms with Crippen molar-refractivity contribution in [1.29, 1.82) is 0 Å². The maximum absolute atomic E-state index is 10.2. The largest absolute Gasteiger partial charge is 0.497 e. The lowest BCUT2D eigenvalue weighted by Crippen LogP contribution is -2.20. The summed E-state index contributed by atoms with van der Waals surface area (Å²) >= 11 is 0. The lowest BCUT2D eigenvalue weighted by atomic mass is 10.4. The number of hydrogen-bond acceptors (Lipinski definition) is 2. The lowest BCUT2D eigenvalue weighted by molar-refractivity contribution is -0.129. The topological polar surface area (TPSA) is 98.4 Å². The van der Waals surface area contributed by atoms with Gasteiger partial charge in [-0.1, -0.05) is 0 Å². The van der Waals surface area contributed by atoms with Crippen molar-refractivity contribution in [3.05, 3.63) is 5.53 Å². The van der Waals surface area contributed by atoms with Gasteiger partial charge in [0, 0.05) is 0 Å². The van der Waals surface area contributed by atoms with Gasteiger partial charge in [-0.3, -0.25) is 0 Å². The first-order valence-corrected chi connectivity index (χ1v) is 2.31. The van der Waals surface area contributed by atoms with Gasteiger partial charge in [0.25, 0.3) is 5.71 Å². The molecule has 0 amide bonds. The highest BCUT2D eigenvalue weighted by Crippen LogP contribution is 1.90. The van der Waals surface area contributed by atoms with Crippen molar-refractivity contribution in [1.82, 2.24) is 0 Å². The molecule has 0 atom stereocenters. The highest BCUT2D eigenvalue weighted by atomic mass is 16.4. The molecule has 0 spiro atoms. The van der Waals surface area contributed by atoms with Crippen LogP contribution in [0.1, 0.15) is 0 Å². The van der Waals surface area contributed by atoms with Gasteiger partial charge in [-0.2, -0.15) is 4.99 Å². The van der Waals surface area contributed by atoms with Gasteiger partial charge in [0.05, 0.1) is 0 Å². The van der Waals surface area contributed by atoms with E-state index in [-0.39, 0.29) is 11.5 Å². The summed E-state index contributed by atoms with van der Waals surface area (Å²) in [5.41, 5.74) is 7.77. The van der Waals surface area contributed by atoms with E-state index in [4.69, 9.17) is 10.6 Å². The van der Waals surface area contributed by atoms with Crippen molar-refractivity contribution in [3.63, 3.8) is 0 Å². The van der Waals surface area contributed by atoms with E-state index in [1.165, 1.54) is 0 Å². The van der Waals surface area contributed by atoms with E-state index in [0.29, 0.717) is 0 Å². The van der Waals surface area contributed by atoms with E-state index in [1.807, 2.05) is 0 Å². The van der Waals surface area contributed by atoms with E-state index in [0.717, 1.165) is 6.34 Å². The van der Waals surface area contributed by atoms with Crippen LogP contribution in [0.2, 0.25) is 0 Å². The number of carboxylic acid groups (broad SMARTS) is 1. The van der Waals surface area contributed by atoms with E-state index >= 15 is 0 Å². The van der Waals surface area contributed by atoms with Crippen LogP contribution in [0.25, 0.3) is 5.53 Å². The second-order valence-electron chi connectivity index (χ2n) is 1.45. The molecule has 0 saturated heterocycles. The van der Waals surface area contributed by atoms with Crippen LogP contribution in [0.4, 0.5) is 0 Å². The molecule has 10 heavy (non-hydrogen) atoms. The van der Waals surface area contributed by atoms with Crippen LogP contribution in [-0.2, 0) is 4.79 Å². The lowest BCUT2D eigenvalue weighted by Gasteiger charge is -1.80. The van der Waals surface area contributed by atoms with Crippen LogP contribution in [0.3, 0.4) is 0 Å². The Hall–Kier alpha value is -1.81. The number of aliphatic carboxylic acids is 1. The van der Waals surface area contributed by atoms with E-state index < -0.39 is 5.97 Å². The SMILES string of the molecule is [N-]=[N+]=C1N=CN=C1C(=O)O. The summed E-state index contributed by atoms with van der Waals surface area (Å²) in [4.78, 5) is 19.4. The molecule has 0 fully saturated rings. The average Bonchev–Trinajstić information content (AvgIpc) is 2.33. The Bertz CT molecular complexity index is 284. The van der Waals surface area contributed by atoms with Crippen molar-refractivity contribution >= 4 is 23.9 Å². The molecule has 6 nitrogen and oxygen atoms in total. The fraction of sp³-hybridized carbons (Fsp3) is 0. The standard InChI is InChI=1S/C4H2N4O2/c5-8-3-2(4(9)10)6-1-7-3/h1H,(H,9,10). The van der Waals surface area contributed by atoms with Gasteiger partial charge in [0.15, 0.2) is 0 Å². The van der Waals surface area contributed by atoms with Gasteiger partial charge in [-0.25, -0.2) is 4.79 Å². The Labute approximate surface area is 55.2 Å². The van der Waals surface area contributed by atoms with Gasteiger partial charge in [0.2, 0.25) is 6.34 Å². The van der Waals surface area contributed by atoms with E-state index in [9.17, 15) is 4.79 Å². The molecule has 50 valence electrons. The predicted molar refractivity (Wildman–Crippen MR) is 32.2 cm³/mol. The zero-order valence-corrected chi connectivity index (χ0v) is 4.72. The summed E-state index contributed by atoms with van der Waals surface area (Å²) < 4.78 is 0. The third-order valence-corrected chi connectivity index (χ3v) is 0.876. The Kier molecular flexibility index (Phi) is 1.39. The number of carbonyl (C=O) groups is 1. The summed E-state index contributed by atoms with van der Waals surface area (Å²) in [5.74, 6) is -1.53. The highest BCUT2D eigenvalue weighted by molar-refractivity contribution is 6.66. The monoisotopic (exact) mass is 138 g/mol. The van der Waals surface area contributed by atoms with Gasteiger partial charge in [-0.05, 0) is 4.99 Å². The first-order chi connectivity index (χ1) is 4.75. The Morgan fingerprint density at radius 1 is 1.80 bits per heavy atom. The van der Waals surface area contributed by atoms with Crippen molar-refractivity contribution in [2.45, 2.75) is 0 Å². The number of carboxylic acids is 1. The van der Waals surface area contributed by atoms with Crippen molar-refractivity contribution < 1.29 is 14.7 Å². The molecule has 1 rings (SSSR count). The van der Waals surface area contributed by atoms with E-state index in [2.05, 4.69) is 14.8 Å². The van der Waals surface area contributed by atoms with Crippen LogP contribution in [0.15, 0.2) is 9.98 Å². The normalized spacial score (nSPS) is 14.8. The minimum absolute atomic E-state index is 0.271. The number of hydrogen-bond donors (Lipinski definition) is 1. The van der Waals surface area contributed by atoms with Gasteiger partial charge in [0.1, 0.15) is 0 Å². The van der Waals surface area contributed by atoms with Crippen LogP contribution >= 0.6 is 0 Å². The fourth-order valence-electron chi connectivity index (χ4n) is 0.484. The van der Waals surface area contributed by atoms with Gasteiger partial charge >= 0.3 is 11.8 Å². The first-order valence-electron chi connectivity index (χ1n) is 2.31. The fourth-order valence-corrected chi connectivity index (χ4v) is 0.484. The molecule has 0 aromatic heterocycles. The molecule has 1 N–H and O–H groups in total. The van der Waals surface area contributed by atoms with E-state index in [1.54, 1.807) is 0 Å². The molecule has 0 radical (unpaired) electrons. The molecular formula is C4H2N4O2. The minimum atomic E-state index is -1.26. The maximum atomic E-state index is 10.2. The second-order valence-corrected chi connectivity index (χ2v) is 1.45. The van der Waals surface area contributed by atoms with Crippen LogP contribution in [0, 0.1) is 0 Å². The molecule has 0 saturated carbocycles. The minimum Gasteiger partial charge on any atom is -0.497 e. The maximum Gasteiger partial charge on any atom is 0.436 e. The molecule has 1 heterocycles. The predicted octanol–water partition coefficient (Wildman–Crippen LogP) is -0.818. The summed E-state index contributed by atoms with van der Waals surface area (Å²) in [6.45, 7) is 0. The Morgan fingerprint density at radius 2 is 2.50 bits per heavy atom.